The van der Waals surface area contributed by atoms with Crippen LogP contribution in [-0.2, 0) is 0 Å². The molecule has 0 radical (unpaired) electrons. The molecule has 4 N–H and O–H groups in total. The number of amidine groups is 1. The van der Waals surface area contributed by atoms with Crippen molar-refractivity contribution in [2.24, 2.45) is 22.7 Å². The number of rotatable bonds is 4. The number of oxime groups is 1. The van der Waals surface area contributed by atoms with Crippen LogP contribution >= 0.6 is 0 Å². The number of aliphatic hydroxyl groups excluding tert-OH is 1. The van der Waals surface area contributed by atoms with Crippen LogP contribution in [0.15, 0.2) is 5.16 Å². The molecule has 0 saturated carbocycles. The van der Waals surface area contributed by atoms with Gasteiger partial charge < -0.3 is 20.9 Å². The predicted octanol–water partition coefficient (Wildman–Crippen LogP) is 0.0716. The molecule has 3 unspecified atom stereocenters. The summed E-state index contributed by atoms with van der Waals surface area (Å²) in [6.07, 6.45) is 0.787. The van der Waals surface area contributed by atoms with Crippen LogP contribution in [0.1, 0.15) is 20.3 Å². The van der Waals surface area contributed by atoms with E-state index in [0.717, 1.165) is 26.1 Å². The van der Waals surface area contributed by atoms with Gasteiger partial charge in [-0.3, -0.25) is 0 Å². The van der Waals surface area contributed by atoms with E-state index in [1.54, 1.807) is 0 Å². The monoisotopic (exact) mass is 215 g/mol. The van der Waals surface area contributed by atoms with Crippen molar-refractivity contribution in [1.29, 1.82) is 0 Å². The molecular formula is C10H21N3O2. The lowest BCUT2D eigenvalue weighted by atomic mass is 10.0. The lowest BCUT2D eigenvalue weighted by molar-refractivity contribution is 0.127. The number of nitrogens with two attached hydrogens (primary N) is 1. The van der Waals surface area contributed by atoms with Crippen molar-refractivity contribution >= 4 is 5.84 Å². The first-order valence-electron chi connectivity index (χ1n) is 5.42. The minimum Gasteiger partial charge on any atom is -0.409 e. The number of aliphatic hydroxyl groups is 1. The van der Waals surface area contributed by atoms with Gasteiger partial charge >= 0.3 is 0 Å². The van der Waals surface area contributed by atoms with Crippen LogP contribution in [0, 0.1) is 11.8 Å². The van der Waals surface area contributed by atoms with Gasteiger partial charge in [0, 0.05) is 19.0 Å². The van der Waals surface area contributed by atoms with Gasteiger partial charge in [-0.1, -0.05) is 12.1 Å². The van der Waals surface area contributed by atoms with Crippen molar-refractivity contribution in [3.05, 3.63) is 0 Å². The van der Waals surface area contributed by atoms with Crippen molar-refractivity contribution in [2.75, 3.05) is 19.6 Å². The predicted molar refractivity (Wildman–Crippen MR) is 58.8 cm³/mol. The van der Waals surface area contributed by atoms with Gasteiger partial charge in [-0.2, -0.15) is 0 Å². The second-order valence-electron chi connectivity index (χ2n) is 4.47. The normalized spacial score (nSPS) is 27.9. The molecule has 3 atom stereocenters. The van der Waals surface area contributed by atoms with E-state index in [1.807, 2.05) is 13.8 Å². The molecule has 1 aliphatic heterocycles. The molecule has 1 fully saturated rings. The number of hydrogen-bond donors (Lipinski definition) is 3. The van der Waals surface area contributed by atoms with Gasteiger partial charge in [0.2, 0.25) is 0 Å². The minimum atomic E-state index is -0.242. The van der Waals surface area contributed by atoms with E-state index in [0.29, 0.717) is 5.92 Å². The lowest BCUT2D eigenvalue weighted by Crippen LogP contribution is -2.34. The molecule has 0 amide bonds. The standard InChI is InChI=1S/C10H21N3O2/c1-7(10(11)12-15)5-13-4-3-9(6-13)8(2)14/h7-9,14-15H,3-6H2,1-2H3,(H2,11,12). The molecule has 0 aromatic rings. The second kappa shape index (κ2) is 5.32. The van der Waals surface area contributed by atoms with Crippen LogP contribution in [0.4, 0.5) is 0 Å². The fraction of sp³-hybridized carbons (Fsp3) is 0.900. The molecule has 0 aromatic carbocycles. The Labute approximate surface area is 90.6 Å². The summed E-state index contributed by atoms with van der Waals surface area (Å²) in [5.74, 6) is 0.697. The maximum atomic E-state index is 9.44. The van der Waals surface area contributed by atoms with E-state index < -0.39 is 0 Å². The molecule has 0 spiro atoms. The van der Waals surface area contributed by atoms with Gasteiger partial charge in [-0.15, -0.1) is 0 Å². The third-order valence-electron chi connectivity index (χ3n) is 3.14. The molecule has 1 aliphatic rings. The van der Waals surface area contributed by atoms with Crippen LogP contribution < -0.4 is 5.73 Å². The van der Waals surface area contributed by atoms with E-state index in [2.05, 4.69) is 10.1 Å². The summed E-state index contributed by atoms with van der Waals surface area (Å²) in [6.45, 7) is 6.45. The Hall–Kier alpha value is -0.810. The number of hydrogen-bond acceptors (Lipinski definition) is 4. The summed E-state index contributed by atoms with van der Waals surface area (Å²) in [7, 11) is 0. The van der Waals surface area contributed by atoms with Crippen molar-refractivity contribution < 1.29 is 10.3 Å². The molecule has 5 heteroatoms. The first-order chi connectivity index (χ1) is 7.04. The zero-order chi connectivity index (χ0) is 11.4. The number of nitrogens with zero attached hydrogens (tertiary/aromatic N) is 2. The van der Waals surface area contributed by atoms with Crippen molar-refractivity contribution in [2.45, 2.75) is 26.4 Å². The van der Waals surface area contributed by atoms with Crippen LogP contribution in [0.2, 0.25) is 0 Å². The Morgan fingerprint density at radius 1 is 1.60 bits per heavy atom. The van der Waals surface area contributed by atoms with Gasteiger partial charge in [0.1, 0.15) is 5.84 Å². The molecule has 15 heavy (non-hydrogen) atoms. The largest absolute Gasteiger partial charge is 0.409 e. The SMILES string of the molecule is CC(CN1CCC(C(C)O)C1)C(N)=NO. The smallest absolute Gasteiger partial charge is 0.143 e. The minimum absolute atomic E-state index is 0.0581. The summed E-state index contributed by atoms with van der Waals surface area (Å²) in [6, 6.07) is 0. The molecule has 1 heterocycles. The van der Waals surface area contributed by atoms with E-state index >= 15 is 0 Å². The van der Waals surface area contributed by atoms with Crippen molar-refractivity contribution in [3.8, 4) is 0 Å². The molecular weight excluding hydrogens is 194 g/mol. The third-order valence-corrected chi connectivity index (χ3v) is 3.14. The summed E-state index contributed by atoms with van der Waals surface area (Å²) >= 11 is 0. The molecule has 0 aromatic heterocycles. The topological polar surface area (TPSA) is 82.1 Å². The lowest BCUT2D eigenvalue weighted by Gasteiger charge is -2.20. The summed E-state index contributed by atoms with van der Waals surface area (Å²) in [5, 5.41) is 21.0. The van der Waals surface area contributed by atoms with E-state index in [4.69, 9.17) is 10.9 Å². The first-order valence-corrected chi connectivity index (χ1v) is 5.42. The van der Waals surface area contributed by atoms with Crippen LogP contribution in [0.3, 0.4) is 0 Å². The van der Waals surface area contributed by atoms with Gasteiger partial charge in [0.25, 0.3) is 0 Å². The highest BCUT2D eigenvalue weighted by atomic mass is 16.4. The van der Waals surface area contributed by atoms with Gasteiger partial charge in [-0.05, 0) is 25.8 Å². The Bertz CT molecular complexity index is 231. The Morgan fingerprint density at radius 3 is 2.73 bits per heavy atom. The van der Waals surface area contributed by atoms with Gasteiger partial charge in [-0.25, -0.2) is 0 Å². The third kappa shape index (κ3) is 3.35. The fourth-order valence-corrected chi connectivity index (χ4v) is 2.00. The summed E-state index contributed by atoms with van der Waals surface area (Å²) in [5.41, 5.74) is 5.51. The average molecular weight is 215 g/mol. The molecule has 0 aliphatic carbocycles. The fourth-order valence-electron chi connectivity index (χ4n) is 2.00. The molecule has 1 rings (SSSR count). The average Bonchev–Trinajstić information content (AvgIpc) is 2.65. The maximum absolute atomic E-state index is 9.44. The molecule has 88 valence electrons. The Balaban J connectivity index is 2.36. The van der Waals surface area contributed by atoms with Gasteiger partial charge in [0.05, 0.1) is 6.10 Å². The summed E-state index contributed by atoms with van der Waals surface area (Å²) < 4.78 is 0. The Morgan fingerprint density at radius 2 is 2.27 bits per heavy atom. The zero-order valence-corrected chi connectivity index (χ0v) is 9.43. The maximum Gasteiger partial charge on any atom is 0.143 e. The summed E-state index contributed by atoms with van der Waals surface area (Å²) in [4.78, 5) is 2.25. The molecule has 1 saturated heterocycles. The highest BCUT2D eigenvalue weighted by molar-refractivity contribution is 5.82. The van der Waals surface area contributed by atoms with Crippen LogP contribution in [0.5, 0.6) is 0 Å². The Kier molecular flexibility index (Phi) is 4.35. The first kappa shape index (κ1) is 12.3. The van der Waals surface area contributed by atoms with Crippen molar-refractivity contribution in [3.63, 3.8) is 0 Å². The molecule has 5 nitrogen and oxygen atoms in total. The zero-order valence-electron chi connectivity index (χ0n) is 9.43. The van der Waals surface area contributed by atoms with Crippen molar-refractivity contribution in [1.82, 2.24) is 4.90 Å². The quantitative estimate of drug-likeness (QED) is 0.268. The van der Waals surface area contributed by atoms with E-state index in [1.165, 1.54) is 0 Å². The van der Waals surface area contributed by atoms with Crippen LogP contribution in [0.25, 0.3) is 0 Å². The van der Waals surface area contributed by atoms with E-state index in [-0.39, 0.29) is 17.9 Å². The number of likely N-dealkylation sites (tertiary alicyclic amines) is 1. The second-order valence-corrected chi connectivity index (χ2v) is 4.47. The van der Waals surface area contributed by atoms with Crippen LogP contribution in [-0.4, -0.2) is 46.8 Å². The highest BCUT2D eigenvalue weighted by Gasteiger charge is 2.27. The highest BCUT2D eigenvalue weighted by Crippen LogP contribution is 2.20. The van der Waals surface area contributed by atoms with Gasteiger partial charge in [0.15, 0.2) is 0 Å². The molecule has 0 bridgehead atoms. The van der Waals surface area contributed by atoms with E-state index in [9.17, 15) is 5.11 Å².